The number of hydrogen-bond acceptors (Lipinski definition) is 2. The first-order valence-electron chi connectivity index (χ1n) is 7.38. The van der Waals surface area contributed by atoms with Gasteiger partial charge in [0.15, 0.2) is 6.10 Å². The van der Waals surface area contributed by atoms with Crippen molar-refractivity contribution >= 4 is 33.4 Å². The first kappa shape index (κ1) is 16.6. The van der Waals surface area contributed by atoms with Crippen LogP contribution in [-0.2, 0) is 4.79 Å². The minimum Gasteiger partial charge on any atom is -0.481 e. The zero-order valence-corrected chi connectivity index (χ0v) is 14.5. The molecule has 1 N–H and O–H groups in total. The highest BCUT2D eigenvalue weighted by Crippen LogP contribution is 2.26. The lowest BCUT2D eigenvalue weighted by Gasteiger charge is -2.31. The van der Waals surface area contributed by atoms with Gasteiger partial charge in [0.25, 0.3) is 5.91 Å². The molecule has 1 fully saturated rings. The van der Waals surface area contributed by atoms with Gasteiger partial charge in [0.1, 0.15) is 5.75 Å². The van der Waals surface area contributed by atoms with E-state index < -0.39 is 6.10 Å². The first-order valence-corrected chi connectivity index (χ1v) is 8.88. The average Bonchev–Trinajstić information content (AvgIpc) is 2.47. The molecule has 0 aliphatic heterocycles. The van der Waals surface area contributed by atoms with E-state index in [1.165, 1.54) is 19.3 Å². The molecule has 3 unspecified atom stereocenters. The fourth-order valence-electron chi connectivity index (χ4n) is 2.68. The van der Waals surface area contributed by atoms with Crippen LogP contribution in [0.5, 0.6) is 5.75 Å². The van der Waals surface area contributed by atoms with Crippen molar-refractivity contribution in [3.63, 3.8) is 0 Å². The zero-order valence-electron chi connectivity index (χ0n) is 12.1. The van der Waals surface area contributed by atoms with Crippen LogP contribution in [0, 0.1) is 5.92 Å². The molecular formula is C16H21BrClNO2. The van der Waals surface area contributed by atoms with Gasteiger partial charge in [-0.2, -0.15) is 0 Å². The Kier molecular flexibility index (Phi) is 6.37. The molecule has 3 atom stereocenters. The van der Waals surface area contributed by atoms with E-state index in [4.69, 9.17) is 16.3 Å². The van der Waals surface area contributed by atoms with Crippen LogP contribution < -0.4 is 10.1 Å². The summed E-state index contributed by atoms with van der Waals surface area (Å²) in [7, 11) is 0. The summed E-state index contributed by atoms with van der Waals surface area (Å²) < 4.78 is 5.66. The molecule has 116 valence electrons. The SMILES string of the molecule is CC(Oc1cccc(Cl)c1)C(=O)NC1CCCCC1CBr. The Morgan fingerprint density at radius 1 is 1.48 bits per heavy atom. The predicted molar refractivity (Wildman–Crippen MR) is 89.2 cm³/mol. The molecule has 0 aromatic heterocycles. The number of hydrogen-bond donors (Lipinski definition) is 1. The van der Waals surface area contributed by atoms with Gasteiger partial charge in [-0.05, 0) is 43.9 Å². The minimum atomic E-state index is -0.527. The van der Waals surface area contributed by atoms with E-state index in [1.54, 1.807) is 25.1 Å². The van der Waals surface area contributed by atoms with Crippen LogP contribution in [0.25, 0.3) is 0 Å². The third kappa shape index (κ3) is 4.89. The summed E-state index contributed by atoms with van der Waals surface area (Å²) in [6.45, 7) is 1.77. The molecular weight excluding hydrogens is 354 g/mol. The van der Waals surface area contributed by atoms with Gasteiger partial charge in [0.2, 0.25) is 0 Å². The Labute approximate surface area is 139 Å². The molecule has 1 saturated carbocycles. The summed E-state index contributed by atoms with van der Waals surface area (Å²) in [5, 5.41) is 4.66. The van der Waals surface area contributed by atoms with Crippen LogP contribution in [0.2, 0.25) is 5.02 Å². The van der Waals surface area contributed by atoms with Crippen molar-refractivity contribution in [1.82, 2.24) is 5.32 Å². The molecule has 1 amide bonds. The van der Waals surface area contributed by atoms with Gasteiger partial charge < -0.3 is 10.1 Å². The minimum absolute atomic E-state index is 0.0622. The van der Waals surface area contributed by atoms with Gasteiger partial charge in [-0.3, -0.25) is 4.79 Å². The summed E-state index contributed by atoms with van der Waals surface area (Å²) in [6.07, 6.45) is 4.11. The van der Waals surface area contributed by atoms with Crippen molar-refractivity contribution < 1.29 is 9.53 Å². The molecule has 3 nitrogen and oxygen atoms in total. The largest absolute Gasteiger partial charge is 0.481 e. The normalized spacial score (nSPS) is 23.4. The van der Waals surface area contributed by atoms with Gasteiger partial charge in [-0.1, -0.05) is 46.4 Å². The summed E-state index contributed by atoms with van der Waals surface area (Å²) in [4.78, 5) is 12.3. The topological polar surface area (TPSA) is 38.3 Å². The van der Waals surface area contributed by atoms with Crippen molar-refractivity contribution in [2.75, 3.05) is 5.33 Å². The molecule has 1 aromatic carbocycles. The number of carbonyl (C=O) groups excluding carboxylic acids is 1. The van der Waals surface area contributed by atoms with E-state index >= 15 is 0 Å². The second-order valence-corrected chi connectivity index (χ2v) is 6.62. The van der Waals surface area contributed by atoms with E-state index in [2.05, 4.69) is 21.2 Å². The van der Waals surface area contributed by atoms with Crippen LogP contribution in [0.15, 0.2) is 24.3 Å². The standard InChI is InChI=1S/C16H21BrClNO2/c1-11(21-14-7-4-6-13(18)9-14)16(20)19-15-8-3-2-5-12(15)10-17/h4,6-7,9,11-12,15H,2-3,5,8,10H2,1H3,(H,19,20). The van der Waals surface area contributed by atoms with E-state index in [-0.39, 0.29) is 11.9 Å². The Morgan fingerprint density at radius 3 is 2.95 bits per heavy atom. The van der Waals surface area contributed by atoms with Gasteiger partial charge in [0, 0.05) is 16.4 Å². The highest BCUT2D eigenvalue weighted by atomic mass is 79.9. The maximum Gasteiger partial charge on any atom is 0.261 e. The van der Waals surface area contributed by atoms with Gasteiger partial charge in [-0.15, -0.1) is 0 Å². The number of halogens is 2. The number of alkyl halides is 1. The van der Waals surface area contributed by atoms with E-state index in [9.17, 15) is 4.79 Å². The molecule has 1 aliphatic carbocycles. The molecule has 5 heteroatoms. The summed E-state index contributed by atoms with van der Waals surface area (Å²) in [5.74, 6) is 1.07. The number of ether oxygens (including phenoxy) is 1. The molecule has 2 rings (SSSR count). The third-order valence-corrected chi connectivity index (χ3v) is 4.98. The maximum absolute atomic E-state index is 12.3. The summed E-state index contributed by atoms with van der Waals surface area (Å²) >= 11 is 9.46. The highest BCUT2D eigenvalue weighted by molar-refractivity contribution is 9.09. The van der Waals surface area contributed by atoms with Crippen LogP contribution in [0.1, 0.15) is 32.6 Å². The fourth-order valence-corrected chi connectivity index (χ4v) is 3.64. The summed E-state index contributed by atoms with van der Waals surface area (Å²) in [6, 6.07) is 7.35. The van der Waals surface area contributed by atoms with E-state index in [0.29, 0.717) is 16.7 Å². The lowest BCUT2D eigenvalue weighted by Crippen LogP contribution is -2.47. The van der Waals surface area contributed by atoms with Crippen LogP contribution >= 0.6 is 27.5 Å². The Balaban J connectivity index is 1.90. The van der Waals surface area contributed by atoms with Crippen molar-refractivity contribution in [2.45, 2.75) is 44.8 Å². The second kappa shape index (κ2) is 8.04. The quantitative estimate of drug-likeness (QED) is 0.785. The van der Waals surface area contributed by atoms with Gasteiger partial charge in [0.05, 0.1) is 0 Å². The van der Waals surface area contributed by atoms with Crippen LogP contribution in [0.4, 0.5) is 0 Å². The smallest absolute Gasteiger partial charge is 0.261 e. The number of rotatable bonds is 5. The van der Waals surface area contributed by atoms with Crippen LogP contribution in [-0.4, -0.2) is 23.4 Å². The Morgan fingerprint density at radius 2 is 2.24 bits per heavy atom. The highest BCUT2D eigenvalue weighted by Gasteiger charge is 2.27. The molecule has 1 aliphatic rings. The van der Waals surface area contributed by atoms with E-state index in [0.717, 1.165) is 11.8 Å². The molecule has 0 radical (unpaired) electrons. The maximum atomic E-state index is 12.3. The monoisotopic (exact) mass is 373 g/mol. The molecule has 0 bridgehead atoms. The Hall–Kier alpha value is -0.740. The molecule has 0 spiro atoms. The van der Waals surface area contributed by atoms with Crippen molar-refractivity contribution in [3.05, 3.63) is 29.3 Å². The lowest BCUT2D eigenvalue weighted by molar-refractivity contribution is -0.128. The molecule has 0 heterocycles. The molecule has 1 aromatic rings. The number of carbonyl (C=O) groups is 1. The zero-order chi connectivity index (χ0) is 15.2. The second-order valence-electron chi connectivity index (χ2n) is 5.53. The number of benzene rings is 1. The molecule has 0 saturated heterocycles. The first-order chi connectivity index (χ1) is 10.1. The number of amides is 1. The molecule has 21 heavy (non-hydrogen) atoms. The predicted octanol–water partition coefficient (Wildman–Crippen LogP) is 4.18. The third-order valence-electron chi connectivity index (χ3n) is 3.91. The Bertz CT molecular complexity index is 483. The van der Waals surface area contributed by atoms with Crippen molar-refractivity contribution in [1.29, 1.82) is 0 Å². The average molecular weight is 375 g/mol. The van der Waals surface area contributed by atoms with Gasteiger partial charge in [-0.25, -0.2) is 0 Å². The lowest BCUT2D eigenvalue weighted by atomic mass is 9.86. The number of nitrogens with one attached hydrogen (secondary N) is 1. The fraction of sp³-hybridized carbons (Fsp3) is 0.562. The van der Waals surface area contributed by atoms with Crippen molar-refractivity contribution in [3.8, 4) is 5.75 Å². The summed E-state index contributed by atoms with van der Waals surface area (Å²) in [5.41, 5.74) is 0. The van der Waals surface area contributed by atoms with E-state index in [1.807, 2.05) is 6.07 Å². The van der Waals surface area contributed by atoms with Crippen molar-refractivity contribution in [2.24, 2.45) is 5.92 Å². The van der Waals surface area contributed by atoms with Crippen LogP contribution in [0.3, 0.4) is 0 Å². The van der Waals surface area contributed by atoms with Gasteiger partial charge >= 0.3 is 0 Å².